The monoisotopic (exact) mass is 404 g/mol. The predicted molar refractivity (Wildman–Crippen MR) is 116 cm³/mol. The number of anilines is 3. The van der Waals surface area contributed by atoms with Gasteiger partial charge in [0.1, 0.15) is 17.2 Å². The first-order chi connectivity index (χ1) is 14.7. The molecule has 1 saturated carbocycles. The molecule has 0 bridgehead atoms. The van der Waals surface area contributed by atoms with Crippen molar-refractivity contribution in [2.75, 3.05) is 43.6 Å². The standard InChI is InChI=1S/C23H24N4O3/c1-29-23(28)19-13-16(15-5-6-15)14-25-21(19)26-20-4-2-3-18-17(20)7-8-24-22(18)27-9-11-30-12-10-27/h2-4,7-8,13-15H,5-6,9-12H2,1H3,(H,25,26). The molecule has 2 aliphatic rings. The van der Waals surface area contributed by atoms with E-state index in [4.69, 9.17) is 9.47 Å². The van der Waals surface area contributed by atoms with E-state index in [1.807, 2.05) is 36.7 Å². The van der Waals surface area contributed by atoms with Crippen molar-refractivity contribution in [1.29, 1.82) is 0 Å². The lowest BCUT2D eigenvalue weighted by Crippen LogP contribution is -2.36. The quantitative estimate of drug-likeness (QED) is 0.647. The number of esters is 1. The average molecular weight is 404 g/mol. The zero-order valence-corrected chi connectivity index (χ0v) is 16.9. The van der Waals surface area contributed by atoms with E-state index in [2.05, 4.69) is 26.3 Å². The van der Waals surface area contributed by atoms with Gasteiger partial charge in [-0.2, -0.15) is 0 Å². The van der Waals surface area contributed by atoms with Gasteiger partial charge in [0.15, 0.2) is 0 Å². The smallest absolute Gasteiger partial charge is 0.341 e. The van der Waals surface area contributed by atoms with E-state index in [0.29, 0.717) is 30.5 Å². The van der Waals surface area contributed by atoms with Gasteiger partial charge in [-0.3, -0.25) is 0 Å². The summed E-state index contributed by atoms with van der Waals surface area (Å²) in [5, 5.41) is 5.44. The van der Waals surface area contributed by atoms with Crippen LogP contribution in [0, 0.1) is 0 Å². The van der Waals surface area contributed by atoms with Crippen molar-refractivity contribution >= 4 is 34.1 Å². The van der Waals surface area contributed by atoms with Crippen LogP contribution in [-0.4, -0.2) is 49.4 Å². The Balaban J connectivity index is 1.53. The molecule has 1 aromatic carbocycles. The number of ether oxygens (including phenoxy) is 2. The Labute approximate surface area is 175 Å². The molecule has 0 atom stereocenters. The molecule has 30 heavy (non-hydrogen) atoms. The molecule has 7 heteroatoms. The zero-order chi connectivity index (χ0) is 20.5. The molecule has 3 aromatic rings. The molecule has 0 unspecified atom stereocenters. The highest BCUT2D eigenvalue weighted by Crippen LogP contribution is 2.41. The van der Waals surface area contributed by atoms with Gasteiger partial charge >= 0.3 is 5.97 Å². The number of hydrogen-bond donors (Lipinski definition) is 1. The maximum absolute atomic E-state index is 12.4. The normalized spacial score (nSPS) is 16.5. The number of nitrogens with one attached hydrogen (secondary N) is 1. The summed E-state index contributed by atoms with van der Waals surface area (Å²) in [6, 6.07) is 9.95. The fourth-order valence-corrected chi connectivity index (χ4v) is 3.94. The summed E-state index contributed by atoms with van der Waals surface area (Å²) in [5.74, 6) is 1.58. The van der Waals surface area contributed by atoms with E-state index in [-0.39, 0.29) is 5.97 Å². The Hall–Kier alpha value is -3.19. The summed E-state index contributed by atoms with van der Waals surface area (Å²) in [6.07, 6.45) is 5.98. The molecule has 5 rings (SSSR count). The van der Waals surface area contributed by atoms with Crippen LogP contribution in [-0.2, 0) is 9.47 Å². The van der Waals surface area contributed by atoms with Crippen LogP contribution in [0.1, 0.15) is 34.7 Å². The maximum atomic E-state index is 12.4. The highest BCUT2D eigenvalue weighted by molar-refractivity contribution is 6.02. The first kappa shape index (κ1) is 18.8. The lowest BCUT2D eigenvalue weighted by Gasteiger charge is -2.29. The minimum atomic E-state index is -0.386. The average Bonchev–Trinajstić information content (AvgIpc) is 3.65. The van der Waals surface area contributed by atoms with Gasteiger partial charge in [0.25, 0.3) is 0 Å². The Bertz CT molecular complexity index is 1090. The Kier molecular flexibility index (Phi) is 4.96. The molecule has 3 heterocycles. The van der Waals surface area contributed by atoms with Crippen LogP contribution in [0.4, 0.5) is 17.3 Å². The fraction of sp³-hybridized carbons (Fsp3) is 0.348. The summed E-state index contributed by atoms with van der Waals surface area (Å²) in [4.78, 5) is 23.9. The topological polar surface area (TPSA) is 76.6 Å². The van der Waals surface area contributed by atoms with Crippen molar-refractivity contribution in [3.8, 4) is 0 Å². The second kappa shape index (κ2) is 7.91. The van der Waals surface area contributed by atoms with Crippen molar-refractivity contribution < 1.29 is 14.3 Å². The highest BCUT2D eigenvalue weighted by Gasteiger charge is 2.26. The number of carbonyl (C=O) groups excluding carboxylic acids is 1. The lowest BCUT2D eigenvalue weighted by molar-refractivity contribution is 0.0601. The molecular weight excluding hydrogens is 380 g/mol. The van der Waals surface area contributed by atoms with Crippen LogP contribution >= 0.6 is 0 Å². The molecular formula is C23H24N4O3. The number of benzene rings is 1. The van der Waals surface area contributed by atoms with Crippen molar-refractivity contribution in [3.63, 3.8) is 0 Å². The number of nitrogens with zero attached hydrogens (tertiary/aromatic N) is 3. The fourth-order valence-electron chi connectivity index (χ4n) is 3.94. The molecule has 2 aromatic heterocycles. The van der Waals surface area contributed by atoms with Crippen molar-refractivity contribution in [2.45, 2.75) is 18.8 Å². The van der Waals surface area contributed by atoms with Gasteiger partial charge < -0.3 is 19.7 Å². The van der Waals surface area contributed by atoms with Crippen LogP contribution in [0.3, 0.4) is 0 Å². The van der Waals surface area contributed by atoms with Crippen molar-refractivity contribution in [2.24, 2.45) is 0 Å². The lowest BCUT2D eigenvalue weighted by atomic mass is 10.1. The molecule has 0 radical (unpaired) electrons. The van der Waals surface area contributed by atoms with Gasteiger partial charge in [-0.25, -0.2) is 14.8 Å². The first-order valence-electron chi connectivity index (χ1n) is 10.3. The second-order valence-corrected chi connectivity index (χ2v) is 7.69. The SMILES string of the molecule is COC(=O)c1cc(C2CC2)cnc1Nc1cccc2c(N3CCOCC3)nccc12. The highest BCUT2D eigenvalue weighted by atomic mass is 16.5. The molecule has 1 aliphatic heterocycles. The summed E-state index contributed by atoms with van der Waals surface area (Å²) in [6.45, 7) is 3.05. The van der Waals surface area contributed by atoms with Gasteiger partial charge in [0.05, 0.1) is 20.3 Å². The van der Waals surface area contributed by atoms with Crippen LogP contribution < -0.4 is 10.2 Å². The molecule has 0 amide bonds. The number of aromatic nitrogens is 2. The summed E-state index contributed by atoms with van der Waals surface area (Å²) < 4.78 is 10.5. The predicted octanol–water partition coefficient (Wildman–Crippen LogP) is 3.87. The second-order valence-electron chi connectivity index (χ2n) is 7.69. The number of morpholine rings is 1. The number of hydrogen-bond acceptors (Lipinski definition) is 7. The molecule has 154 valence electrons. The van der Waals surface area contributed by atoms with Crippen LogP contribution in [0.5, 0.6) is 0 Å². The summed E-state index contributed by atoms with van der Waals surface area (Å²) in [5.41, 5.74) is 2.43. The van der Waals surface area contributed by atoms with E-state index in [1.54, 1.807) is 0 Å². The van der Waals surface area contributed by atoms with Crippen LogP contribution in [0.25, 0.3) is 10.8 Å². The van der Waals surface area contributed by atoms with Gasteiger partial charge in [0.2, 0.25) is 0 Å². The van der Waals surface area contributed by atoms with Gasteiger partial charge in [-0.05, 0) is 42.5 Å². The number of fused-ring (bicyclic) bond motifs is 1. The third-order valence-corrected chi connectivity index (χ3v) is 5.71. The van der Waals surface area contributed by atoms with Gasteiger partial charge in [-0.1, -0.05) is 12.1 Å². The largest absolute Gasteiger partial charge is 0.465 e. The summed E-state index contributed by atoms with van der Waals surface area (Å²) >= 11 is 0. The van der Waals surface area contributed by atoms with E-state index in [1.165, 1.54) is 7.11 Å². The number of rotatable bonds is 5. The molecule has 7 nitrogen and oxygen atoms in total. The van der Waals surface area contributed by atoms with Gasteiger partial charge in [-0.15, -0.1) is 0 Å². The van der Waals surface area contributed by atoms with Crippen molar-refractivity contribution in [3.05, 3.63) is 53.9 Å². The Morgan fingerprint density at radius 2 is 2.00 bits per heavy atom. The number of carbonyl (C=O) groups is 1. The first-order valence-corrected chi connectivity index (χ1v) is 10.3. The third kappa shape index (κ3) is 3.57. The van der Waals surface area contributed by atoms with Crippen molar-refractivity contribution in [1.82, 2.24) is 9.97 Å². The van der Waals surface area contributed by atoms with E-state index in [0.717, 1.165) is 53.8 Å². The number of pyridine rings is 2. The molecule has 2 fully saturated rings. The van der Waals surface area contributed by atoms with Crippen LogP contribution in [0.2, 0.25) is 0 Å². The molecule has 1 N–H and O–H groups in total. The minimum absolute atomic E-state index is 0.386. The van der Waals surface area contributed by atoms with Gasteiger partial charge in [0, 0.05) is 41.9 Å². The van der Waals surface area contributed by atoms with E-state index in [9.17, 15) is 4.79 Å². The molecule has 1 aliphatic carbocycles. The minimum Gasteiger partial charge on any atom is -0.465 e. The summed E-state index contributed by atoms with van der Waals surface area (Å²) in [7, 11) is 1.40. The van der Waals surface area contributed by atoms with E-state index < -0.39 is 0 Å². The van der Waals surface area contributed by atoms with E-state index >= 15 is 0 Å². The Morgan fingerprint density at radius 3 is 2.77 bits per heavy atom. The zero-order valence-electron chi connectivity index (χ0n) is 16.9. The Morgan fingerprint density at radius 1 is 1.17 bits per heavy atom. The molecule has 0 spiro atoms. The maximum Gasteiger partial charge on any atom is 0.341 e. The third-order valence-electron chi connectivity index (χ3n) is 5.71. The molecule has 1 saturated heterocycles. The van der Waals surface area contributed by atoms with Crippen LogP contribution in [0.15, 0.2) is 42.7 Å². The number of methoxy groups -OCH3 is 1.